The summed E-state index contributed by atoms with van der Waals surface area (Å²) in [6, 6.07) is -0.710. The fourth-order valence-corrected chi connectivity index (χ4v) is 4.99. The summed E-state index contributed by atoms with van der Waals surface area (Å²) < 4.78 is 28.7. The van der Waals surface area contributed by atoms with Gasteiger partial charge in [0, 0.05) is 12.8 Å². The number of rotatable bonds is 5. The number of hydrogen-bond acceptors (Lipinski definition) is 12. The Morgan fingerprint density at radius 1 is 0.750 bits per heavy atom. The summed E-state index contributed by atoms with van der Waals surface area (Å²) in [7, 11) is 0. The van der Waals surface area contributed by atoms with E-state index in [4.69, 9.17) is 43.4 Å². The van der Waals surface area contributed by atoms with Gasteiger partial charge < -0.3 is 18.9 Å². The molecule has 4 aliphatic heterocycles. The van der Waals surface area contributed by atoms with E-state index in [1.807, 2.05) is 0 Å². The van der Waals surface area contributed by atoms with E-state index in [2.05, 4.69) is 20.9 Å². The van der Waals surface area contributed by atoms with Crippen LogP contribution in [0.3, 0.4) is 0 Å². The Hall–Kier alpha value is -2.24. The highest BCUT2D eigenvalue weighted by atomic mass is 32.1. The number of ether oxygens (including phenoxy) is 4. The number of aromatic nitrogens is 8. The number of carbonyl (C=O) groups excluding carboxylic acids is 2. The molecule has 32 heavy (non-hydrogen) atoms. The molecule has 16 heteroatoms. The molecule has 0 radical (unpaired) electrons. The van der Waals surface area contributed by atoms with Gasteiger partial charge in [0.1, 0.15) is 12.2 Å². The Labute approximate surface area is 189 Å². The first kappa shape index (κ1) is 20.4. The Kier molecular flexibility index (Phi) is 4.88. The highest BCUT2D eigenvalue weighted by molar-refractivity contribution is 7.71. The Morgan fingerprint density at radius 2 is 1.19 bits per heavy atom. The lowest BCUT2D eigenvalue weighted by Crippen LogP contribution is -2.37. The van der Waals surface area contributed by atoms with Gasteiger partial charge in [0.15, 0.2) is 11.6 Å². The molecule has 2 aromatic rings. The molecule has 4 saturated heterocycles. The summed E-state index contributed by atoms with van der Waals surface area (Å²) in [5, 5.41) is 16.5. The second kappa shape index (κ2) is 7.67. The van der Waals surface area contributed by atoms with Gasteiger partial charge in [-0.05, 0) is 45.3 Å². The molecule has 6 heterocycles. The van der Waals surface area contributed by atoms with Crippen molar-refractivity contribution in [1.82, 2.24) is 39.6 Å². The Balaban J connectivity index is 1.17. The molecule has 6 rings (SSSR count). The second-order valence-electron chi connectivity index (χ2n) is 8.01. The van der Waals surface area contributed by atoms with Gasteiger partial charge in [-0.2, -0.15) is 0 Å². The van der Waals surface area contributed by atoms with Crippen molar-refractivity contribution >= 4 is 36.0 Å². The van der Waals surface area contributed by atoms with E-state index >= 15 is 0 Å². The highest BCUT2D eigenvalue weighted by Crippen LogP contribution is 2.33. The maximum atomic E-state index is 12.1. The van der Waals surface area contributed by atoms with Gasteiger partial charge in [0.05, 0.1) is 38.4 Å². The minimum atomic E-state index is -0.781. The van der Waals surface area contributed by atoms with E-state index in [9.17, 15) is 9.59 Å². The molecule has 0 aliphatic carbocycles. The van der Waals surface area contributed by atoms with E-state index in [1.54, 1.807) is 0 Å². The van der Waals surface area contributed by atoms with Gasteiger partial charge in [-0.3, -0.25) is 9.59 Å². The molecular weight excluding hydrogens is 464 g/mol. The number of carbonyl (C=O) groups is 2. The zero-order chi connectivity index (χ0) is 22.0. The highest BCUT2D eigenvalue weighted by Gasteiger charge is 2.46. The second-order valence-corrected chi connectivity index (χ2v) is 8.74. The monoisotopic (exact) mass is 482 g/mol. The van der Waals surface area contributed by atoms with Gasteiger partial charge in [0.25, 0.3) is 0 Å². The molecule has 0 N–H and O–H groups in total. The number of ketones is 2. The van der Waals surface area contributed by atoms with Crippen LogP contribution >= 0.6 is 24.4 Å². The van der Waals surface area contributed by atoms with Crippen molar-refractivity contribution in [2.75, 3.05) is 13.2 Å². The molecule has 4 bridgehead atoms. The lowest BCUT2D eigenvalue weighted by Gasteiger charge is -2.25. The molecule has 0 spiro atoms. The first-order valence-electron chi connectivity index (χ1n) is 10.1. The number of hydrogen-bond donors (Lipinski definition) is 0. The van der Waals surface area contributed by atoms with Crippen LogP contribution in [-0.4, -0.2) is 89.1 Å². The van der Waals surface area contributed by atoms with Crippen LogP contribution in [0.15, 0.2) is 0 Å². The molecule has 4 fully saturated rings. The molecule has 4 aliphatic rings. The van der Waals surface area contributed by atoms with Crippen molar-refractivity contribution in [2.45, 2.75) is 62.8 Å². The number of tetrazole rings is 2. The van der Waals surface area contributed by atoms with E-state index in [-0.39, 0.29) is 48.7 Å². The van der Waals surface area contributed by atoms with Crippen LogP contribution in [0.2, 0.25) is 0 Å². The van der Waals surface area contributed by atoms with Crippen LogP contribution in [0.5, 0.6) is 0 Å². The predicted octanol–water partition coefficient (Wildman–Crippen LogP) is -0.857. The standard InChI is InChI=1S/C16H18N8O6S2/c25-9-3-7(11-5-27-13(9)29-11)23-15(31)21(17-19-23)1-2-22-16(32)24(20-18-22)8-4-10(26)14-28-6-12(8)30-14/h7-8,11-14H,1-6H2/t7-,8?,11+,12?,13+,14?/m1/s1. The number of nitrogens with zero attached hydrogens (tertiary/aromatic N) is 8. The largest absolute Gasteiger partial charge is 0.343 e. The van der Waals surface area contributed by atoms with Gasteiger partial charge in [-0.1, -0.05) is 0 Å². The molecule has 0 aromatic carbocycles. The smallest absolute Gasteiger partial charge is 0.218 e. The minimum Gasteiger partial charge on any atom is -0.343 e. The van der Waals surface area contributed by atoms with Crippen LogP contribution < -0.4 is 0 Å². The molecule has 170 valence electrons. The average Bonchev–Trinajstić information content (AvgIpc) is 3.55. The van der Waals surface area contributed by atoms with Crippen LogP contribution in [0.25, 0.3) is 0 Å². The Morgan fingerprint density at radius 3 is 1.62 bits per heavy atom. The molecule has 0 amide bonds. The SMILES string of the molecule is O=C1CC(n2nnn(CCn3nnn([C@@H]4CC(=O)[C@H]5OC[C@@H]4O5)c3=S)c2=S)C2COC1O2. The molecule has 6 atom stereocenters. The summed E-state index contributed by atoms with van der Waals surface area (Å²) in [6.45, 7) is 1.31. The van der Waals surface area contributed by atoms with E-state index in [0.717, 1.165) is 0 Å². The van der Waals surface area contributed by atoms with Crippen molar-refractivity contribution in [3.8, 4) is 0 Å². The number of aryl methyl sites for hydroxylation is 2. The minimum absolute atomic E-state index is 0.132. The van der Waals surface area contributed by atoms with Crippen LogP contribution in [-0.2, 0) is 41.6 Å². The van der Waals surface area contributed by atoms with Gasteiger partial charge >= 0.3 is 0 Å². The van der Waals surface area contributed by atoms with Crippen LogP contribution in [0.1, 0.15) is 24.9 Å². The molecule has 3 unspecified atom stereocenters. The zero-order valence-electron chi connectivity index (χ0n) is 16.6. The first-order chi connectivity index (χ1) is 15.5. The van der Waals surface area contributed by atoms with Gasteiger partial charge in [-0.15, -0.1) is 0 Å². The molecule has 2 aromatic heterocycles. The summed E-state index contributed by atoms with van der Waals surface area (Å²) in [4.78, 5) is 24.2. The third kappa shape index (κ3) is 3.20. The quantitative estimate of drug-likeness (QED) is 0.490. The van der Waals surface area contributed by atoms with Crippen molar-refractivity contribution in [2.24, 2.45) is 0 Å². The maximum absolute atomic E-state index is 12.1. The topological polar surface area (TPSA) is 142 Å². The first-order valence-corrected chi connectivity index (χ1v) is 11.0. The fourth-order valence-electron chi connectivity index (χ4n) is 4.39. The number of Topliss-reactive ketones (excluding diaryl/α,β-unsaturated/α-hetero) is 2. The van der Waals surface area contributed by atoms with E-state index < -0.39 is 12.6 Å². The number of fused-ring (bicyclic) bond motifs is 4. The average molecular weight is 483 g/mol. The third-order valence-electron chi connectivity index (χ3n) is 6.10. The normalized spacial score (nSPS) is 33.9. The van der Waals surface area contributed by atoms with E-state index in [0.29, 0.717) is 35.8 Å². The van der Waals surface area contributed by atoms with Crippen molar-refractivity contribution < 1.29 is 28.5 Å². The van der Waals surface area contributed by atoms with Crippen molar-refractivity contribution in [3.05, 3.63) is 9.54 Å². The molecular formula is C16H18N8O6S2. The van der Waals surface area contributed by atoms with Crippen LogP contribution in [0, 0.1) is 9.54 Å². The Bertz CT molecular complexity index is 1110. The molecule has 0 saturated carbocycles. The van der Waals surface area contributed by atoms with Gasteiger partial charge in [0.2, 0.25) is 22.1 Å². The summed E-state index contributed by atoms with van der Waals surface area (Å²) >= 11 is 11.0. The summed E-state index contributed by atoms with van der Waals surface area (Å²) in [6.07, 6.45) is -1.68. The lowest BCUT2D eigenvalue weighted by atomic mass is 10.0. The molecule has 14 nitrogen and oxygen atoms in total. The predicted molar refractivity (Wildman–Crippen MR) is 104 cm³/mol. The lowest BCUT2D eigenvalue weighted by molar-refractivity contribution is -0.156. The van der Waals surface area contributed by atoms with E-state index in [1.165, 1.54) is 18.7 Å². The summed E-state index contributed by atoms with van der Waals surface area (Å²) in [5.41, 5.74) is 0. The van der Waals surface area contributed by atoms with Crippen molar-refractivity contribution in [3.63, 3.8) is 0 Å². The third-order valence-corrected chi connectivity index (χ3v) is 6.89. The summed E-state index contributed by atoms with van der Waals surface area (Å²) in [5.74, 6) is -0.264. The fraction of sp³-hybridized carbons (Fsp3) is 0.750. The van der Waals surface area contributed by atoms with Gasteiger partial charge in [-0.25, -0.2) is 18.7 Å². The van der Waals surface area contributed by atoms with Crippen molar-refractivity contribution in [1.29, 1.82) is 0 Å². The van der Waals surface area contributed by atoms with Crippen LogP contribution in [0.4, 0.5) is 0 Å². The zero-order valence-corrected chi connectivity index (χ0v) is 18.2. The maximum Gasteiger partial charge on any atom is 0.218 e.